The maximum absolute atomic E-state index is 12.2. The number of rotatable bonds is 6. The van der Waals surface area contributed by atoms with E-state index >= 15 is 0 Å². The fourth-order valence-electron chi connectivity index (χ4n) is 1.84. The number of ether oxygens (including phenoxy) is 1. The molecule has 0 saturated carbocycles. The molecule has 1 heterocycles. The average molecular weight is 298 g/mol. The first-order valence-electron chi connectivity index (χ1n) is 6.64. The third kappa shape index (κ3) is 3.96. The van der Waals surface area contributed by atoms with Crippen LogP contribution in [0.5, 0.6) is 0 Å². The monoisotopic (exact) mass is 298 g/mol. The Balaban J connectivity index is 2.00. The van der Waals surface area contributed by atoms with Gasteiger partial charge in [0.05, 0.1) is 24.3 Å². The van der Waals surface area contributed by atoms with Gasteiger partial charge in [-0.1, -0.05) is 18.2 Å². The van der Waals surface area contributed by atoms with Crippen LogP contribution >= 0.6 is 0 Å². The summed E-state index contributed by atoms with van der Waals surface area (Å²) in [6, 6.07) is 12.4. The predicted octanol–water partition coefficient (Wildman–Crippen LogP) is 2.38. The minimum absolute atomic E-state index is 0.191. The molecule has 2 aromatic rings. The van der Waals surface area contributed by atoms with Crippen LogP contribution in [0.3, 0.4) is 0 Å². The number of carbonyl (C=O) groups is 2. The minimum atomic E-state index is -0.629. The van der Waals surface area contributed by atoms with Gasteiger partial charge in [-0.3, -0.25) is 4.79 Å². The van der Waals surface area contributed by atoms with Gasteiger partial charge in [0.1, 0.15) is 6.26 Å². The van der Waals surface area contributed by atoms with Crippen molar-refractivity contribution < 1.29 is 18.7 Å². The Hall–Kier alpha value is -3.07. The highest BCUT2D eigenvalue weighted by Gasteiger charge is 2.18. The van der Waals surface area contributed by atoms with Crippen molar-refractivity contribution in [2.24, 2.45) is 0 Å². The largest absolute Gasteiger partial charge is 0.472 e. The fraction of sp³-hybridized carbons (Fsp3) is 0.188. The molecule has 0 N–H and O–H groups in total. The number of nitrogens with zero attached hydrogens (tertiary/aromatic N) is 2. The van der Waals surface area contributed by atoms with Crippen molar-refractivity contribution in [2.75, 3.05) is 18.1 Å². The van der Waals surface area contributed by atoms with Gasteiger partial charge in [0, 0.05) is 12.2 Å². The van der Waals surface area contributed by atoms with Crippen molar-refractivity contribution in [1.82, 2.24) is 0 Å². The first-order chi connectivity index (χ1) is 10.7. The molecule has 0 aliphatic heterocycles. The second-order valence-corrected chi connectivity index (χ2v) is 4.38. The molecule has 0 aliphatic carbocycles. The number of esters is 1. The highest BCUT2D eigenvalue weighted by molar-refractivity contribution is 5.97. The summed E-state index contributed by atoms with van der Waals surface area (Å²) in [6.07, 6.45) is 2.79. The van der Waals surface area contributed by atoms with Crippen LogP contribution in [-0.4, -0.2) is 25.0 Å². The molecule has 0 saturated heterocycles. The summed E-state index contributed by atoms with van der Waals surface area (Å²) in [5.41, 5.74) is 0.901. The number of furan rings is 1. The molecule has 0 spiro atoms. The molecule has 0 aliphatic rings. The van der Waals surface area contributed by atoms with Crippen LogP contribution in [0, 0.1) is 11.3 Å². The lowest BCUT2D eigenvalue weighted by Gasteiger charge is -2.21. The number of nitriles is 1. The van der Waals surface area contributed by atoms with Crippen molar-refractivity contribution >= 4 is 17.6 Å². The molecule has 1 amide bonds. The smallest absolute Gasteiger partial charge is 0.341 e. The van der Waals surface area contributed by atoms with E-state index in [0.29, 0.717) is 5.69 Å². The molecule has 6 nitrogen and oxygen atoms in total. The normalized spacial score (nSPS) is 9.77. The van der Waals surface area contributed by atoms with Gasteiger partial charge in [-0.15, -0.1) is 0 Å². The Kier molecular flexibility index (Phi) is 5.32. The topological polar surface area (TPSA) is 83.5 Å². The molecule has 0 bridgehead atoms. The van der Waals surface area contributed by atoms with Crippen molar-refractivity contribution in [3.05, 3.63) is 54.5 Å². The number of hydrogen-bond acceptors (Lipinski definition) is 5. The molecule has 22 heavy (non-hydrogen) atoms. The number of benzene rings is 1. The second kappa shape index (κ2) is 7.64. The zero-order chi connectivity index (χ0) is 15.8. The molecule has 0 atom stereocenters. The summed E-state index contributed by atoms with van der Waals surface area (Å²) in [5, 5.41) is 8.70. The van der Waals surface area contributed by atoms with Crippen LogP contribution in [-0.2, 0) is 9.53 Å². The number of anilines is 1. The lowest BCUT2D eigenvalue weighted by atomic mass is 10.2. The molecule has 0 fully saturated rings. The van der Waals surface area contributed by atoms with Gasteiger partial charge in [0.2, 0.25) is 0 Å². The summed E-state index contributed by atoms with van der Waals surface area (Å²) >= 11 is 0. The fourth-order valence-corrected chi connectivity index (χ4v) is 1.84. The van der Waals surface area contributed by atoms with Crippen molar-refractivity contribution in [3.8, 4) is 6.07 Å². The van der Waals surface area contributed by atoms with Crippen LogP contribution in [0.15, 0.2) is 53.3 Å². The van der Waals surface area contributed by atoms with Crippen molar-refractivity contribution in [2.45, 2.75) is 6.42 Å². The molecular weight excluding hydrogens is 284 g/mol. The van der Waals surface area contributed by atoms with E-state index in [-0.39, 0.29) is 18.5 Å². The Morgan fingerprint density at radius 1 is 1.23 bits per heavy atom. The SMILES string of the molecule is N#CCCN(C(=O)COC(=O)c1ccoc1)c1ccccc1. The Morgan fingerprint density at radius 2 is 2.00 bits per heavy atom. The first kappa shape index (κ1) is 15.3. The molecule has 6 heteroatoms. The van der Waals surface area contributed by atoms with E-state index in [0.717, 1.165) is 0 Å². The van der Waals surface area contributed by atoms with Crippen LogP contribution in [0.1, 0.15) is 16.8 Å². The highest BCUT2D eigenvalue weighted by Crippen LogP contribution is 2.14. The average Bonchev–Trinajstić information content (AvgIpc) is 3.08. The molecular formula is C16H14N2O4. The summed E-state index contributed by atoms with van der Waals surface area (Å²) in [4.78, 5) is 25.3. The van der Waals surface area contributed by atoms with Crippen LogP contribution in [0.4, 0.5) is 5.69 Å². The van der Waals surface area contributed by atoms with E-state index < -0.39 is 18.5 Å². The summed E-state index contributed by atoms with van der Waals surface area (Å²) in [7, 11) is 0. The summed E-state index contributed by atoms with van der Waals surface area (Å²) in [6.45, 7) is -0.160. The van der Waals surface area contributed by atoms with Gasteiger partial charge in [-0.05, 0) is 18.2 Å². The van der Waals surface area contributed by atoms with E-state index in [1.54, 1.807) is 24.3 Å². The van der Waals surface area contributed by atoms with Gasteiger partial charge >= 0.3 is 5.97 Å². The maximum atomic E-state index is 12.2. The zero-order valence-corrected chi connectivity index (χ0v) is 11.8. The van der Waals surface area contributed by atoms with Gasteiger partial charge in [0.25, 0.3) is 5.91 Å². The molecule has 112 valence electrons. The van der Waals surface area contributed by atoms with Crippen molar-refractivity contribution in [3.63, 3.8) is 0 Å². The lowest BCUT2D eigenvalue weighted by Crippen LogP contribution is -2.35. The van der Waals surface area contributed by atoms with Gasteiger partial charge in [-0.2, -0.15) is 5.26 Å². The highest BCUT2D eigenvalue weighted by atomic mass is 16.5. The van der Waals surface area contributed by atoms with Gasteiger partial charge in [-0.25, -0.2) is 4.79 Å². The number of para-hydroxylation sites is 1. The number of amides is 1. The first-order valence-corrected chi connectivity index (χ1v) is 6.64. The minimum Gasteiger partial charge on any atom is -0.472 e. The molecule has 0 unspecified atom stereocenters. The Bertz CT molecular complexity index is 659. The Labute approximate surface area is 127 Å². The number of carbonyl (C=O) groups excluding carboxylic acids is 2. The Morgan fingerprint density at radius 3 is 2.64 bits per heavy atom. The quantitative estimate of drug-likeness (QED) is 0.764. The zero-order valence-electron chi connectivity index (χ0n) is 11.8. The summed E-state index contributed by atoms with van der Waals surface area (Å²) < 4.78 is 9.74. The van der Waals surface area contributed by atoms with Crippen molar-refractivity contribution in [1.29, 1.82) is 5.26 Å². The maximum Gasteiger partial charge on any atom is 0.341 e. The van der Waals surface area contributed by atoms with E-state index in [1.165, 1.54) is 23.5 Å². The molecule has 2 rings (SSSR count). The van der Waals surface area contributed by atoms with Gasteiger partial charge < -0.3 is 14.1 Å². The van der Waals surface area contributed by atoms with Gasteiger partial charge in [0.15, 0.2) is 6.61 Å². The standard InChI is InChI=1S/C16H14N2O4/c17-8-4-9-18(14-5-2-1-3-6-14)15(19)12-22-16(20)13-7-10-21-11-13/h1-3,5-7,10-11H,4,9,12H2. The van der Waals surface area contributed by atoms with E-state index in [9.17, 15) is 9.59 Å². The molecule has 0 radical (unpaired) electrons. The molecule has 1 aromatic carbocycles. The van der Waals surface area contributed by atoms with E-state index in [4.69, 9.17) is 14.4 Å². The van der Waals surface area contributed by atoms with Crippen LogP contribution < -0.4 is 4.90 Å². The van der Waals surface area contributed by atoms with Crippen LogP contribution in [0.2, 0.25) is 0 Å². The number of hydrogen-bond donors (Lipinski definition) is 0. The van der Waals surface area contributed by atoms with E-state index in [1.807, 2.05) is 12.1 Å². The third-order valence-corrected chi connectivity index (χ3v) is 2.90. The van der Waals surface area contributed by atoms with Crippen LogP contribution in [0.25, 0.3) is 0 Å². The second-order valence-electron chi connectivity index (χ2n) is 4.38. The molecule has 1 aromatic heterocycles. The lowest BCUT2D eigenvalue weighted by molar-refractivity contribution is -0.121. The van der Waals surface area contributed by atoms with E-state index in [2.05, 4.69) is 0 Å². The summed E-state index contributed by atoms with van der Waals surface area (Å²) in [5.74, 6) is -1.02. The third-order valence-electron chi connectivity index (χ3n) is 2.90. The predicted molar refractivity (Wildman–Crippen MR) is 78.0 cm³/mol.